The van der Waals surface area contributed by atoms with E-state index >= 15 is 0 Å². The van der Waals surface area contributed by atoms with Gasteiger partial charge in [0.05, 0.1) is 35.6 Å². The molecule has 6 nitrogen and oxygen atoms in total. The summed E-state index contributed by atoms with van der Waals surface area (Å²) < 4.78 is 12.7. The van der Waals surface area contributed by atoms with Crippen molar-refractivity contribution in [1.82, 2.24) is 9.97 Å². The maximum Gasteiger partial charge on any atom is 0.174 e. The zero-order valence-electron chi connectivity index (χ0n) is 27.7. The van der Waals surface area contributed by atoms with E-state index in [1.54, 1.807) is 0 Å². The van der Waals surface area contributed by atoms with Crippen LogP contribution in [0.25, 0.3) is 11.0 Å². The van der Waals surface area contributed by atoms with Gasteiger partial charge in [-0.25, -0.2) is 9.97 Å². The molecule has 0 amide bonds. The van der Waals surface area contributed by atoms with Crippen molar-refractivity contribution in [3.05, 3.63) is 36.4 Å². The Morgan fingerprint density at radius 3 is 1.18 bits per heavy atom. The van der Waals surface area contributed by atoms with Gasteiger partial charge in [0, 0.05) is 12.1 Å². The minimum Gasteiger partial charge on any atom is -0.490 e. The highest BCUT2D eigenvalue weighted by Crippen LogP contribution is 2.39. The number of hydrogen-bond donors (Lipinski definition) is 2. The van der Waals surface area contributed by atoms with Crippen LogP contribution in [-0.2, 0) is 0 Å². The molecule has 44 heavy (non-hydrogen) atoms. The largest absolute Gasteiger partial charge is 0.490 e. The Hall–Kier alpha value is -3.02. The highest BCUT2D eigenvalue weighted by atomic mass is 16.5. The van der Waals surface area contributed by atoms with E-state index in [4.69, 9.17) is 19.4 Å². The number of fused-ring (bicyclic) bond motifs is 3. The van der Waals surface area contributed by atoms with Crippen molar-refractivity contribution in [2.45, 2.75) is 142 Å². The molecule has 0 saturated heterocycles. The number of nitrogens with one attached hydrogen (secondary N) is 2. The van der Waals surface area contributed by atoms with E-state index in [2.05, 4.69) is 24.5 Å². The number of unbranched alkanes of at least 4 members (excludes halogenated alkanes) is 18. The second-order valence-electron chi connectivity index (χ2n) is 12.6. The van der Waals surface area contributed by atoms with Gasteiger partial charge < -0.3 is 20.1 Å². The van der Waals surface area contributed by atoms with Crippen LogP contribution in [0.5, 0.6) is 11.5 Å². The molecule has 0 saturated carbocycles. The highest BCUT2D eigenvalue weighted by Gasteiger charge is 2.19. The van der Waals surface area contributed by atoms with Crippen LogP contribution < -0.4 is 20.1 Å². The van der Waals surface area contributed by atoms with Gasteiger partial charge in [-0.2, -0.15) is 0 Å². The van der Waals surface area contributed by atoms with Crippen LogP contribution in [0.15, 0.2) is 36.4 Å². The second-order valence-corrected chi connectivity index (χ2v) is 12.6. The SMILES string of the molecule is CCCCCCCCCCCCOc1cc2nc3c(nc2cc1OCCCCCCCCCCCC)Nc1ccccc1N3. The number of nitrogens with zero attached hydrogens (tertiary/aromatic N) is 2. The molecule has 2 aromatic carbocycles. The molecule has 242 valence electrons. The molecule has 0 fully saturated rings. The summed E-state index contributed by atoms with van der Waals surface area (Å²) in [6.45, 7) is 5.95. The van der Waals surface area contributed by atoms with Gasteiger partial charge in [-0.15, -0.1) is 0 Å². The maximum atomic E-state index is 6.34. The molecule has 1 aliphatic heterocycles. The molecular weight excluding hydrogens is 544 g/mol. The summed E-state index contributed by atoms with van der Waals surface area (Å²) in [5, 5.41) is 6.85. The fourth-order valence-electron chi connectivity index (χ4n) is 5.96. The van der Waals surface area contributed by atoms with E-state index in [9.17, 15) is 0 Å². The molecule has 0 bridgehead atoms. The first-order chi connectivity index (χ1) is 21.8. The smallest absolute Gasteiger partial charge is 0.174 e. The van der Waals surface area contributed by atoms with Crippen LogP contribution in [-0.4, -0.2) is 23.2 Å². The lowest BCUT2D eigenvalue weighted by atomic mass is 10.1. The van der Waals surface area contributed by atoms with E-state index < -0.39 is 0 Å². The molecule has 0 aliphatic carbocycles. The van der Waals surface area contributed by atoms with Crippen LogP contribution in [0.1, 0.15) is 142 Å². The Bertz CT molecular complexity index is 1140. The first kappa shape index (κ1) is 33.9. The quantitative estimate of drug-likeness (QED) is 0.0778. The summed E-state index contributed by atoms with van der Waals surface area (Å²) >= 11 is 0. The van der Waals surface area contributed by atoms with Gasteiger partial charge in [-0.3, -0.25) is 0 Å². The van der Waals surface area contributed by atoms with Crippen molar-refractivity contribution in [3.63, 3.8) is 0 Å². The number of benzene rings is 2. The number of aromatic nitrogens is 2. The molecule has 4 rings (SSSR count). The third kappa shape index (κ3) is 11.5. The van der Waals surface area contributed by atoms with Gasteiger partial charge in [0.2, 0.25) is 0 Å². The summed E-state index contributed by atoms with van der Waals surface area (Å²) in [4.78, 5) is 9.82. The van der Waals surface area contributed by atoms with E-state index in [0.717, 1.165) is 58.4 Å². The average molecular weight is 603 g/mol. The van der Waals surface area contributed by atoms with Crippen molar-refractivity contribution in [2.24, 2.45) is 0 Å². The molecule has 2 N–H and O–H groups in total. The lowest BCUT2D eigenvalue weighted by molar-refractivity contribution is 0.259. The molecule has 1 aromatic heterocycles. The molecule has 3 aromatic rings. The molecular formula is C38H58N4O2. The summed E-state index contributed by atoms with van der Waals surface area (Å²) in [5.41, 5.74) is 3.62. The van der Waals surface area contributed by atoms with Crippen molar-refractivity contribution in [2.75, 3.05) is 23.8 Å². The first-order valence-corrected chi connectivity index (χ1v) is 18.0. The van der Waals surface area contributed by atoms with Crippen molar-refractivity contribution in [1.29, 1.82) is 0 Å². The number of rotatable bonds is 24. The maximum absolute atomic E-state index is 6.34. The molecule has 2 heterocycles. The van der Waals surface area contributed by atoms with Gasteiger partial charge >= 0.3 is 0 Å². The lowest BCUT2D eigenvalue weighted by Gasteiger charge is -2.22. The molecule has 6 heteroatoms. The Labute approximate surface area is 267 Å². The lowest BCUT2D eigenvalue weighted by Crippen LogP contribution is -2.10. The monoisotopic (exact) mass is 602 g/mol. The van der Waals surface area contributed by atoms with Crippen molar-refractivity contribution in [3.8, 4) is 11.5 Å². The van der Waals surface area contributed by atoms with Gasteiger partial charge in [-0.1, -0.05) is 142 Å². The van der Waals surface area contributed by atoms with Gasteiger partial charge in [0.15, 0.2) is 23.1 Å². The highest BCUT2D eigenvalue weighted by molar-refractivity contribution is 5.91. The van der Waals surface area contributed by atoms with Crippen molar-refractivity contribution < 1.29 is 9.47 Å². The Morgan fingerprint density at radius 1 is 0.477 bits per heavy atom. The van der Waals surface area contributed by atoms with Crippen LogP contribution in [0.4, 0.5) is 23.0 Å². The molecule has 0 radical (unpaired) electrons. The minimum absolute atomic E-state index is 0.697. The summed E-state index contributed by atoms with van der Waals surface area (Å²) in [5.74, 6) is 3.02. The molecule has 1 aliphatic rings. The number of anilines is 4. The summed E-state index contributed by atoms with van der Waals surface area (Å²) in [7, 11) is 0. The van der Waals surface area contributed by atoms with Gasteiger partial charge in [0.25, 0.3) is 0 Å². The topological polar surface area (TPSA) is 68.3 Å². The van der Waals surface area contributed by atoms with Crippen molar-refractivity contribution >= 4 is 34.0 Å². The van der Waals surface area contributed by atoms with E-state index in [-0.39, 0.29) is 0 Å². The van der Waals surface area contributed by atoms with E-state index in [1.807, 2.05) is 36.4 Å². The fraction of sp³-hybridized carbons (Fsp3) is 0.632. The van der Waals surface area contributed by atoms with Gasteiger partial charge in [-0.05, 0) is 25.0 Å². The molecule has 0 unspecified atom stereocenters. The summed E-state index contributed by atoms with van der Waals surface area (Å²) in [6, 6.07) is 12.1. The Balaban J connectivity index is 1.28. The van der Waals surface area contributed by atoms with Crippen LogP contribution in [0.2, 0.25) is 0 Å². The zero-order chi connectivity index (χ0) is 30.7. The third-order valence-electron chi connectivity index (χ3n) is 8.67. The molecule has 0 atom stereocenters. The van der Waals surface area contributed by atoms with Crippen LogP contribution in [0.3, 0.4) is 0 Å². The zero-order valence-corrected chi connectivity index (χ0v) is 27.7. The second kappa shape index (κ2) is 20.1. The van der Waals surface area contributed by atoms with E-state index in [0.29, 0.717) is 13.2 Å². The summed E-state index contributed by atoms with van der Waals surface area (Å²) in [6.07, 6.45) is 26.2. The van der Waals surface area contributed by atoms with E-state index in [1.165, 1.54) is 116 Å². The number of ether oxygens (including phenoxy) is 2. The number of para-hydroxylation sites is 2. The van der Waals surface area contributed by atoms with Gasteiger partial charge in [0.1, 0.15) is 0 Å². The first-order valence-electron chi connectivity index (χ1n) is 18.0. The molecule has 0 spiro atoms. The number of hydrogen-bond acceptors (Lipinski definition) is 6. The Kier molecular flexibility index (Phi) is 15.5. The average Bonchev–Trinajstić information content (AvgIpc) is 3.04. The predicted octanol–water partition coefficient (Wildman–Crippen LogP) is 12.0. The fourth-order valence-corrected chi connectivity index (χ4v) is 5.96. The minimum atomic E-state index is 0.697. The predicted molar refractivity (Wildman–Crippen MR) is 187 cm³/mol. The normalized spacial score (nSPS) is 12.0. The third-order valence-corrected chi connectivity index (χ3v) is 8.67. The van der Waals surface area contributed by atoms with Crippen LogP contribution >= 0.6 is 0 Å². The Morgan fingerprint density at radius 2 is 0.818 bits per heavy atom. The standard InChI is InChI=1S/C38H58N4O2/c1-3-5-7-9-11-13-15-17-19-23-27-43-35-29-33-34(42-38-37(41-33)39-31-25-21-22-26-32(31)40-38)30-36(35)44-28-24-20-18-16-14-12-10-8-6-4-2/h21-22,25-26,29-30H,3-20,23-24,27-28H2,1-2H3,(H,39,41)(H,40,42). The van der Waals surface area contributed by atoms with Crippen LogP contribution in [0, 0.1) is 0 Å².